The molecule has 1 aromatic carbocycles. The Balaban J connectivity index is 2.36. The molecule has 0 atom stereocenters. The summed E-state index contributed by atoms with van der Waals surface area (Å²) in [7, 11) is -2.95. The van der Waals surface area contributed by atoms with Crippen molar-refractivity contribution in [2.75, 3.05) is 11.5 Å². The second-order valence-electron chi connectivity index (χ2n) is 4.54. The second kappa shape index (κ2) is 6.69. The maximum absolute atomic E-state index is 11.7. The van der Waals surface area contributed by atoms with Crippen LogP contribution in [0.5, 0.6) is 0 Å². The molecular formula is C14H20O3S. The van der Waals surface area contributed by atoms with Crippen LogP contribution in [0.15, 0.2) is 24.3 Å². The quantitative estimate of drug-likeness (QED) is 0.762. The molecule has 0 aromatic heterocycles. The van der Waals surface area contributed by atoms with Gasteiger partial charge in [-0.1, -0.05) is 36.8 Å². The van der Waals surface area contributed by atoms with Crippen molar-refractivity contribution >= 4 is 15.6 Å². The summed E-state index contributed by atoms with van der Waals surface area (Å²) in [6, 6.07) is 7.83. The summed E-state index contributed by atoms with van der Waals surface area (Å²) in [5, 5.41) is 0. The van der Waals surface area contributed by atoms with Crippen LogP contribution < -0.4 is 0 Å². The van der Waals surface area contributed by atoms with Crippen molar-refractivity contribution in [1.82, 2.24) is 0 Å². The van der Waals surface area contributed by atoms with E-state index in [-0.39, 0.29) is 17.3 Å². The number of rotatable bonds is 7. The molecule has 0 heterocycles. The topological polar surface area (TPSA) is 51.2 Å². The molecule has 0 amide bonds. The number of benzene rings is 1. The first-order chi connectivity index (χ1) is 8.43. The lowest BCUT2D eigenvalue weighted by Gasteiger charge is -2.03. The highest BCUT2D eigenvalue weighted by Gasteiger charge is 2.09. The van der Waals surface area contributed by atoms with E-state index in [1.54, 1.807) is 6.92 Å². The van der Waals surface area contributed by atoms with Crippen molar-refractivity contribution in [2.24, 2.45) is 0 Å². The van der Waals surface area contributed by atoms with Gasteiger partial charge in [0.1, 0.15) is 15.6 Å². The van der Waals surface area contributed by atoms with Crippen molar-refractivity contribution in [3.63, 3.8) is 0 Å². The molecule has 4 heteroatoms. The number of carbonyl (C=O) groups excluding carboxylic acids is 1. The van der Waals surface area contributed by atoms with Crippen molar-refractivity contribution in [3.05, 3.63) is 35.4 Å². The minimum atomic E-state index is -2.95. The molecule has 3 nitrogen and oxygen atoms in total. The Kier molecular flexibility index (Phi) is 5.54. The Morgan fingerprint density at radius 1 is 1.17 bits per heavy atom. The van der Waals surface area contributed by atoms with Gasteiger partial charge >= 0.3 is 0 Å². The zero-order valence-corrected chi connectivity index (χ0v) is 11.8. The first-order valence-corrected chi connectivity index (χ1v) is 8.03. The molecule has 100 valence electrons. The van der Waals surface area contributed by atoms with Crippen molar-refractivity contribution < 1.29 is 13.2 Å². The van der Waals surface area contributed by atoms with Gasteiger partial charge in [0.25, 0.3) is 0 Å². The number of hydrogen-bond donors (Lipinski definition) is 0. The van der Waals surface area contributed by atoms with Crippen LogP contribution >= 0.6 is 0 Å². The number of ketones is 1. The Morgan fingerprint density at radius 3 is 2.33 bits per heavy atom. The summed E-state index contributed by atoms with van der Waals surface area (Å²) in [6.45, 7) is 3.63. The third kappa shape index (κ3) is 5.45. The molecule has 0 N–H and O–H groups in total. The highest BCUT2D eigenvalue weighted by atomic mass is 32.2. The number of hydrogen-bond acceptors (Lipinski definition) is 3. The number of aryl methyl sites for hydroxylation is 1. The summed E-state index contributed by atoms with van der Waals surface area (Å²) >= 11 is 0. The molecule has 18 heavy (non-hydrogen) atoms. The van der Waals surface area contributed by atoms with E-state index in [0.29, 0.717) is 19.3 Å². The van der Waals surface area contributed by atoms with E-state index < -0.39 is 9.84 Å². The molecule has 0 bridgehead atoms. The van der Waals surface area contributed by atoms with E-state index in [1.165, 1.54) is 5.56 Å². The van der Waals surface area contributed by atoms with Gasteiger partial charge in [0.05, 0.1) is 5.75 Å². The first-order valence-electron chi connectivity index (χ1n) is 6.20. The molecule has 1 aromatic rings. The maximum atomic E-state index is 11.7. The van der Waals surface area contributed by atoms with E-state index in [9.17, 15) is 13.2 Å². The van der Waals surface area contributed by atoms with Crippen molar-refractivity contribution in [3.8, 4) is 0 Å². The Hall–Kier alpha value is -1.16. The van der Waals surface area contributed by atoms with Gasteiger partial charge in [-0.25, -0.2) is 8.42 Å². The summed E-state index contributed by atoms with van der Waals surface area (Å²) < 4.78 is 22.5. The van der Waals surface area contributed by atoms with E-state index in [4.69, 9.17) is 0 Å². The van der Waals surface area contributed by atoms with E-state index in [1.807, 2.05) is 31.2 Å². The number of carbonyl (C=O) groups is 1. The Morgan fingerprint density at radius 2 is 1.78 bits per heavy atom. The zero-order valence-electron chi connectivity index (χ0n) is 11.0. The SMILES string of the molecule is CCS(=O)(=O)CCCC(=O)Cc1ccc(C)cc1. The Labute approximate surface area is 109 Å². The van der Waals surface area contributed by atoms with Gasteiger partial charge in [-0.2, -0.15) is 0 Å². The van der Waals surface area contributed by atoms with Gasteiger partial charge in [-0.15, -0.1) is 0 Å². The van der Waals surface area contributed by atoms with Crippen molar-refractivity contribution in [1.29, 1.82) is 0 Å². The third-order valence-electron chi connectivity index (χ3n) is 2.87. The van der Waals surface area contributed by atoms with Crippen LogP contribution in [0, 0.1) is 6.92 Å². The van der Waals surface area contributed by atoms with Gasteiger partial charge in [-0.05, 0) is 18.9 Å². The molecule has 0 fully saturated rings. The minimum Gasteiger partial charge on any atom is -0.299 e. The fourth-order valence-electron chi connectivity index (χ4n) is 1.66. The third-order valence-corrected chi connectivity index (χ3v) is 4.66. The van der Waals surface area contributed by atoms with Crippen LogP contribution in [0.1, 0.15) is 30.9 Å². The normalized spacial score (nSPS) is 11.4. The molecule has 0 saturated heterocycles. The van der Waals surface area contributed by atoms with Crippen LogP contribution in [-0.2, 0) is 21.1 Å². The fourth-order valence-corrected chi connectivity index (χ4v) is 2.53. The van der Waals surface area contributed by atoms with Gasteiger partial charge in [0, 0.05) is 18.6 Å². The van der Waals surface area contributed by atoms with Crippen LogP contribution in [0.4, 0.5) is 0 Å². The zero-order chi connectivity index (χ0) is 13.6. The highest BCUT2D eigenvalue weighted by molar-refractivity contribution is 7.91. The van der Waals surface area contributed by atoms with Gasteiger partial charge < -0.3 is 0 Å². The second-order valence-corrected chi connectivity index (χ2v) is 7.01. The lowest BCUT2D eigenvalue weighted by atomic mass is 10.0. The predicted molar refractivity (Wildman–Crippen MR) is 73.5 cm³/mol. The molecule has 0 aliphatic rings. The molecule has 0 radical (unpaired) electrons. The lowest BCUT2D eigenvalue weighted by Crippen LogP contribution is -2.11. The van der Waals surface area contributed by atoms with Gasteiger partial charge in [-0.3, -0.25) is 4.79 Å². The van der Waals surface area contributed by atoms with E-state index in [0.717, 1.165) is 5.56 Å². The smallest absolute Gasteiger partial charge is 0.150 e. The van der Waals surface area contributed by atoms with Gasteiger partial charge in [0.15, 0.2) is 0 Å². The summed E-state index contributed by atoms with van der Waals surface area (Å²) in [4.78, 5) is 11.7. The van der Waals surface area contributed by atoms with Crippen LogP contribution in [-0.4, -0.2) is 25.7 Å². The molecule has 0 aliphatic carbocycles. The van der Waals surface area contributed by atoms with Crippen LogP contribution in [0.25, 0.3) is 0 Å². The van der Waals surface area contributed by atoms with Gasteiger partial charge in [0.2, 0.25) is 0 Å². The molecule has 1 rings (SSSR count). The van der Waals surface area contributed by atoms with Crippen LogP contribution in [0.2, 0.25) is 0 Å². The molecular weight excluding hydrogens is 248 g/mol. The van der Waals surface area contributed by atoms with Crippen molar-refractivity contribution in [2.45, 2.75) is 33.1 Å². The van der Waals surface area contributed by atoms with E-state index >= 15 is 0 Å². The van der Waals surface area contributed by atoms with Crippen LogP contribution in [0.3, 0.4) is 0 Å². The standard InChI is InChI=1S/C14H20O3S/c1-3-18(16,17)10-4-5-14(15)11-13-8-6-12(2)7-9-13/h6-9H,3-5,10-11H2,1-2H3. The minimum absolute atomic E-state index is 0.102. The fraction of sp³-hybridized carbons (Fsp3) is 0.500. The first kappa shape index (κ1) is 14.9. The summed E-state index contributed by atoms with van der Waals surface area (Å²) in [6.07, 6.45) is 1.17. The Bertz CT molecular complexity index is 486. The number of Topliss-reactive ketones (excluding diaryl/α,β-unsaturated/α-hetero) is 1. The number of sulfone groups is 1. The monoisotopic (exact) mass is 268 g/mol. The average Bonchev–Trinajstić information content (AvgIpc) is 2.32. The summed E-state index contributed by atoms with van der Waals surface area (Å²) in [5.41, 5.74) is 2.16. The molecule has 0 aliphatic heterocycles. The van der Waals surface area contributed by atoms with E-state index in [2.05, 4.69) is 0 Å². The largest absolute Gasteiger partial charge is 0.299 e. The lowest BCUT2D eigenvalue weighted by molar-refractivity contribution is -0.118. The highest BCUT2D eigenvalue weighted by Crippen LogP contribution is 2.07. The molecule has 0 spiro atoms. The molecule has 0 unspecified atom stereocenters. The summed E-state index contributed by atoms with van der Waals surface area (Å²) in [5.74, 6) is 0.368. The average molecular weight is 268 g/mol. The maximum Gasteiger partial charge on any atom is 0.150 e. The molecule has 0 saturated carbocycles. The predicted octanol–water partition coefficient (Wildman–Crippen LogP) is 2.32.